The van der Waals surface area contributed by atoms with Gasteiger partial charge >= 0.3 is 6.18 Å². The first-order valence-corrected chi connectivity index (χ1v) is 11.5. The lowest BCUT2D eigenvalue weighted by molar-refractivity contribution is -0.137. The molecule has 1 heterocycles. The van der Waals surface area contributed by atoms with E-state index in [1.165, 1.54) is 14.2 Å². The second-order valence-corrected chi connectivity index (χ2v) is 8.74. The molecule has 1 aliphatic rings. The number of carbonyl (C=O) groups is 2. The molecule has 7 nitrogen and oxygen atoms in total. The predicted molar refractivity (Wildman–Crippen MR) is 137 cm³/mol. The van der Waals surface area contributed by atoms with E-state index in [0.29, 0.717) is 5.56 Å². The Balaban J connectivity index is 1.97. The van der Waals surface area contributed by atoms with E-state index in [0.717, 1.165) is 34.9 Å². The summed E-state index contributed by atoms with van der Waals surface area (Å²) in [5.74, 6) is -2.14. The lowest BCUT2D eigenvalue weighted by atomic mass is 9.94. The third-order valence-corrected chi connectivity index (χ3v) is 6.31. The van der Waals surface area contributed by atoms with Crippen molar-refractivity contribution in [1.29, 1.82) is 0 Å². The molecule has 10 heteroatoms. The molecule has 0 aromatic heterocycles. The van der Waals surface area contributed by atoms with E-state index in [2.05, 4.69) is 0 Å². The topological polar surface area (TPSA) is 79.3 Å². The van der Waals surface area contributed by atoms with Gasteiger partial charge in [0.15, 0.2) is 0 Å². The summed E-state index contributed by atoms with van der Waals surface area (Å²) in [5.41, 5.74) is 0.279. The number of halogens is 3. The number of rotatable bonds is 6. The molecule has 198 valence electrons. The van der Waals surface area contributed by atoms with Gasteiger partial charge in [0.05, 0.1) is 31.4 Å². The molecule has 38 heavy (non-hydrogen) atoms. The van der Waals surface area contributed by atoms with E-state index in [9.17, 15) is 27.9 Å². The van der Waals surface area contributed by atoms with E-state index < -0.39 is 35.2 Å². The fourth-order valence-electron chi connectivity index (χ4n) is 4.40. The maximum atomic E-state index is 13.4. The van der Waals surface area contributed by atoms with Crippen molar-refractivity contribution in [3.63, 3.8) is 0 Å². The van der Waals surface area contributed by atoms with Crippen molar-refractivity contribution >= 4 is 28.8 Å². The number of hydrogen-bond acceptors (Lipinski definition) is 6. The number of aliphatic hydroxyl groups is 1. The zero-order chi connectivity index (χ0) is 27.8. The number of ether oxygens (including phenoxy) is 2. The summed E-state index contributed by atoms with van der Waals surface area (Å²) in [6.45, 7) is 0. The highest BCUT2D eigenvalue weighted by Crippen LogP contribution is 2.45. The van der Waals surface area contributed by atoms with E-state index >= 15 is 0 Å². The lowest BCUT2D eigenvalue weighted by Crippen LogP contribution is -2.29. The van der Waals surface area contributed by atoms with Crippen LogP contribution >= 0.6 is 0 Å². The first-order valence-electron chi connectivity index (χ1n) is 11.5. The van der Waals surface area contributed by atoms with E-state index in [1.54, 1.807) is 42.5 Å². The Morgan fingerprint density at radius 2 is 1.45 bits per heavy atom. The van der Waals surface area contributed by atoms with Gasteiger partial charge in [-0.15, -0.1) is 0 Å². The second-order valence-electron chi connectivity index (χ2n) is 8.74. The Kier molecular flexibility index (Phi) is 7.08. The van der Waals surface area contributed by atoms with Gasteiger partial charge in [-0.05, 0) is 54.1 Å². The third kappa shape index (κ3) is 4.65. The summed E-state index contributed by atoms with van der Waals surface area (Å²) in [5, 5.41) is 11.5. The molecule has 0 aliphatic carbocycles. The molecule has 1 aliphatic heterocycles. The number of hydrogen-bond donors (Lipinski definition) is 1. The third-order valence-electron chi connectivity index (χ3n) is 6.31. The van der Waals surface area contributed by atoms with Gasteiger partial charge < -0.3 is 19.5 Å². The fraction of sp³-hybridized carbons (Fsp3) is 0.214. The molecule has 4 rings (SSSR count). The fourth-order valence-corrected chi connectivity index (χ4v) is 4.40. The van der Waals surface area contributed by atoms with Gasteiger partial charge in [0.25, 0.3) is 11.7 Å². The Labute approximate surface area is 217 Å². The normalized spacial score (nSPS) is 17.0. The Morgan fingerprint density at radius 3 is 1.92 bits per heavy atom. The molecule has 1 fully saturated rings. The zero-order valence-electron chi connectivity index (χ0n) is 21.0. The number of alkyl halides is 3. The highest BCUT2D eigenvalue weighted by atomic mass is 19.4. The number of ketones is 1. The number of carbonyl (C=O) groups excluding carboxylic acids is 2. The molecule has 1 unspecified atom stereocenters. The van der Waals surface area contributed by atoms with Crippen LogP contribution in [0, 0.1) is 0 Å². The highest BCUT2D eigenvalue weighted by molar-refractivity contribution is 6.51. The molecule has 3 aromatic rings. The van der Waals surface area contributed by atoms with Crippen LogP contribution in [-0.4, -0.2) is 45.1 Å². The molecule has 1 saturated heterocycles. The minimum Gasteiger partial charge on any atom is -0.506 e. The predicted octanol–water partition coefficient (Wildman–Crippen LogP) is 5.41. The van der Waals surface area contributed by atoms with Crippen molar-refractivity contribution in [3.8, 4) is 11.5 Å². The van der Waals surface area contributed by atoms with Crippen LogP contribution < -0.4 is 19.3 Å². The number of anilines is 2. The smallest absolute Gasteiger partial charge is 0.416 e. The molecule has 1 atom stereocenters. The summed E-state index contributed by atoms with van der Waals surface area (Å²) < 4.78 is 50.3. The van der Waals surface area contributed by atoms with Gasteiger partial charge in [0, 0.05) is 25.5 Å². The second kappa shape index (κ2) is 10.1. The van der Waals surface area contributed by atoms with Crippen LogP contribution in [0.4, 0.5) is 24.5 Å². The van der Waals surface area contributed by atoms with Crippen molar-refractivity contribution in [2.45, 2.75) is 12.2 Å². The number of amides is 1. The van der Waals surface area contributed by atoms with Gasteiger partial charge in [0.2, 0.25) is 0 Å². The summed E-state index contributed by atoms with van der Waals surface area (Å²) >= 11 is 0. The molecule has 1 N–H and O–H groups in total. The molecular formula is C28H25F3N2O5. The molecule has 0 saturated carbocycles. The highest BCUT2D eigenvalue weighted by Gasteiger charge is 2.47. The van der Waals surface area contributed by atoms with Crippen molar-refractivity contribution in [3.05, 3.63) is 89.0 Å². The van der Waals surface area contributed by atoms with Crippen molar-refractivity contribution in [2.24, 2.45) is 0 Å². The minimum absolute atomic E-state index is 0.0628. The van der Waals surface area contributed by atoms with Gasteiger partial charge in [-0.3, -0.25) is 14.5 Å². The van der Waals surface area contributed by atoms with Gasteiger partial charge in [0.1, 0.15) is 22.8 Å². The number of benzene rings is 3. The van der Waals surface area contributed by atoms with Crippen LogP contribution in [0.2, 0.25) is 0 Å². The van der Waals surface area contributed by atoms with Crippen molar-refractivity contribution < 1.29 is 37.3 Å². The summed E-state index contributed by atoms with van der Waals surface area (Å²) in [4.78, 5) is 29.7. The average Bonchev–Trinajstić information content (AvgIpc) is 3.17. The summed E-state index contributed by atoms with van der Waals surface area (Å²) in [7, 11) is 6.45. The SMILES string of the molecule is COc1cccc(OC)c1/C(O)=C1\C(=O)C(=O)N(c2ccc(C(F)(F)F)cc2)C1c1ccc(N(C)C)cc1. The number of aliphatic hydroxyl groups excluding tert-OH is 1. The Hall–Kier alpha value is -4.47. The molecule has 3 aromatic carbocycles. The Bertz CT molecular complexity index is 1380. The maximum Gasteiger partial charge on any atom is 0.416 e. The van der Waals surface area contributed by atoms with Gasteiger partial charge in [-0.2, -0.15) is 13.2 Å². The summed E-state index contributed by atoms with van der Waals surface area (Å²) in [6, 6.07) is 14.5. The van der Waals surface area contributed by atoms with Crippen LogP contribution in [0.3, 0.4) is 0 Å². The van der Waals surface area contributed by atoms with Crippen LogP contribution in [0.15, 0.2) is 72.3 Å². The van der Waals surface area contributed by atoms with E-state index in [-0.39, 0.29) is 28.3 Å². The molecule has 0 spiro atoms. The minimum atomic E-state index is -4.57. The lowest BCUT2D eigenvalue weighted by Gasteiger charge is -2.26. The maximum absolute atomic E-state index is 13.4. The first kappa shape index (κ1) is 26.6. The van der Waals surface area contributed by atoms with Gasteiger partial charge in [-0.1, -0.05) is 18.2 Å². The number of Topliss-reactive ketones (excluding diaryl/α,β-unsaturated/α-hetero) is 1. The average molecular weight is 527 g/mol. The first-order chi connectivity index (χ1) is 18.0. The molecule has 0 bridgehead atoms. The molecule has 1 amide bonds. The zero-order valence-corrected chi connectivity index (χ0v) is 21.0. The monoisotopic (exact) mass is 526 g/mol. The van der Waals surface area contributed by atoms with E-state index in [1.807, 2.05) is 19.0 Å². The Morgan fingerprint density at radius 1 is 0.895 bits per heavy atom. The summed E-state index contributed by atoms with van der Waals surface area (Å²) in [6.07, 6.45) is -4.57. The molecular weight excluding hydrogens is 501 g/mol. The van der Waals surface area contributed by atoms with Crippen molar-refractivity contribution in [1.82, 2.24) is 0 Å². The van der Waals surface area contributed by atoms with E-state index in [4.69, 9.17) is 9.47 Å². The van der Waals surface area contributed by atoms with Crippen LogP contribution in [0.25, 0.3) is 5.76 Å². The largest absolute Gasteiger partial charge is 0.506 e. The van der Waals surface area contributed by atoms with Gasteiger partial charge in [-0.25, -0.2) is 0 Å². The van der Waals surface area contributed by atoms with Crippen molar-refractivity contribution in [2.75, 3.05) is 38.1 Å². The van der Waals surface area contributed by atoms with Crippen LogP contribution in [-0.2, 0) is 15.8 Å². The quantitative estimate of drug-likeness (QED) is 0.263. The number of nitrogens with zero attached hydrogens (tertiary/aromatic N) is 2. The number of methoxy groups -OCH3 is 2. The van der Waals surface area contributed by atoms with Crippen LogP contribution in [0.5, 0.6) is 11.5 Å². The standard InChI is InChI=1S/C28H25F3N2O5/c1-32(2)18-12-8-16(9-13-18)24-23(25(34)22-20(37-3)6-5-7-21(22)38-4)26(35)27(36)33(24)19-14-10-17(11-15-19)28(29,30)31/h5-15,24,34H,1-4H3/b25-23+. The molecule has 0 radical (unpaired) electrons. The van der Waals surface area contributed by atoms with Crippen LogP contribution in [0.1, 0.15) is 22.7 Å².